The van der Waals surface area contributed by atoms with Gasteiger partial charge in [-0.3, -0.25) is 4.79 Å². The molecule has 148 valence electrons. The summed E-state index contributed by atoms with van der Waals surface area (Å²) in [7, 11) is 1.33. The summed E-state index contributed by atoms with van der Waals surface area (Å²) in [5, 5.41) is 3.68. The van der Waals surface area contributed by atoms with Gasteiger partial charge in [-0.2, -0.15) is 0 Å². The van der Waals surface area contributed by atoms with Gasteiger partial charge in [0.15, 0.2) is 5.78 Å². The second kappa shape index (κ2) is 7.41. The second-order valence-corrected chi connectivity index (χ2v) is 7.28. The van der Waals surface area contributed by atoms with Crippen LogP contribution in [-0.4, -0.2) is 25.5 Å². The van der Waals surface area contributed by atoms with Crippen LogP contribution in [0, 0.1) is 0 Å². The summed E-state index contributed by atoms with van der Waals surface area (Å²) in [6.07, 6.45) is 0. The average Bonchev–Trinajstić information content (AvgIpc) is 3.00. The van der Waals surface area contributed by atoms with Crippen LogP contribution in [0.3, 0.4) is 0 Å². The highest BCUT2D eigenvalue weighted by Gasteiger charge is 2.42. The predicted octanol–water partition coefficient (Wildman–Crippen LogP) is 4.48. The Morgan fingerprint density at radius 3 is 2.55 bits per heavy atom. The third-order valence-electron chi connectivity index (χ3n) is 5.24. The van der Waals surface area contributed by atoms with E-state index in [1.54, 1.807) is 18.2 Å². The molecule has 29 heavy (non-hydrogen) atoms. The number of benzene rings is 2. The number of hydrogen-bond donors (Lipinski definition) is 1. The Hall–Kier alpha value is -3.05. The number of fused-ring (bicyclic) bond motifs is 2. The summed E-state index contributed by atoms with van der Waals surface area (Å²) >= 11 is 6.42. The molecule has 1 heterocycles. The summed E-state index contributed by atoms with van der Waals surface area (Å²) in [5.41, 5.74) is 4.48. The lowest BCUT2D eigenvalue weighted by Crippen LogP contribution is -2.29. The monoisotopic (exact) mass is 409 g/mol. The molecule has 1 atom stereocenters. The molecule has 0 saturated carbocycles. The molecule has 0 unspecified atom stereocenters. The zero-order valence-corrected chi connectivity index (χ0v) is 17.1. The zero-order valence-electron chi connectivity index (χ0n) is 16.3. The molecule has 5 nitrogen and oxygen atoms in total. The fourth-order valence-corrected chi connectivity index (χ4v) is 4.26. The first-order chi connectivity index (χ1) is 14.0. The van der Waals surface area contributed by atoms with Gasteiger partial charge in [0.2, 0.25) is 0 Å². The Kier molecular flexibility index (Phi) is 4.92. The standard InChI is InChI=1S/C23H20ClNO4/c1-4-29-17-10-9-13(11-16(17)24)19-18(23(27)28-3)12(2)25-21-14-7-5-6-8-15(14)22(26)20(19)21/h5-11,19,25H,4H2,1-3H3/t19-/m0/s1. The highest BCUT2D eigenvalue weighted by molar-refractivity contribution is 6.32. The number of hydrogen-bond acceptors (Lipinski definition) is 5. The number of ether oxygens (including phenoxy) is 2. The minimum Gasteiger partial charge on any atom is -0.492 e. The van der Waals surface area contributed by atoms with Crippen molar-refractivity contribution in [2.24, 2.45) is 0 Å². The lowest BCUT2D eigenvalue weighted by Gasteiger charge is -2.29. The van der Waals surface area contributed by atoms with Gasteiger partial charge in [-0.15, -0.1) is 0 Å². The predicted molar refractivity (Wildman–Crippen MR) is 111 cm³/mol. The normalized spacial score (nSPS) is 17.7. The smallest absolute Gasteiger partial charge is 0.336 e. The number of carbonyl (C=O) groups excluding carboxylic acids is 2. The number of allylic oxidation sites excluding steroid dienone is 2. The van der Waals surface area contributed by atoms with E-state index in [9.17, 15) is 9.59 Å². The Bertz CT molecular complexity index is 1100. The quantitative estimate of drug-likeness (QED) is 0.754. The van der Waals surface area contributed by atoms with Gasteiger partial charge in [0.1, 0.15) is 5.75 Å². The van der Waals surface area contributed by atoms with Crippen molar-refractivity contribution in [3.63, 3.8) is 0 Å². The van der Waals surface area contributed by atoms with Gasteiger partial charge in [-0.1, -0.05) is 41.9 Å². The lowest BCUT2D eigenvalue weighted by molar-refractivity contribution is -0.136. The van der Waals surface area contributed by atoms with Gasteiger partial charge >= 0.3 is 5.97 Å². The maximum Gasteiger partial charge on any atom is 0.336 e. The van der Waals surface area contributed by atoms with Crippen molar-refractivity contribution >= 4 is 29.1 Å². The van der Waals surface area contributed by atoms with Crippen LogP contribution in [-0.2, 0) is 9.53 Å². The third kappa shape index (κ3) is 3.02. The summed E-state index contributed by atoms with van der Waals surface area (Å²) in [6.45, 7) is 4.18. The van der Waals surface area contributed by atoms with Crippen molar-refractivity contribution in [2.45, 2.75) is 19.8 Å². The molecule has 0 saturated heterocycles. The summed E-state index contributed by atoms with van der Waals surface area (Å²) in [4.78, 5) is 26.0. The molecule has 2 aromatic carbocycles. The molecule has 2 aliphatic rings. The van der Waals surface area contributed by atoms with Gasteiger partial charge in [-0.05, 0) is 31.5 Å². The van der Waals surface area contributed by atoms with Crippen molar-refractivity contribution in [1.29, 1.82) is 0 Å². The number of ketones is 1. The Labute approximate surface area is 174 Å². The number of carbonyl (C=O) groups is 2. The van der Waals surface area contributed by atoms with Crippen LogP contribution < -0.4 is 10.1 Å². The summed E-state index contributed by atoms with van der Waals surface area (Å²) < 4.78 is 10.6. The van der Waals surface area contributed by atoms with Crippen LogP contribution in [0.1, 0.15) is 41.3 Å². The molecule has 4 rings (SSSR count). The average molecular weight is 410 g/mol. The third-order valence-corrected chi connectivity index (χ3v) is 5.54. The fraction of sp³-hybridized carbons (Fsp3) is 0.217. The molecule has 1 aliphatic heterocycles. The van der Waals surface area contributed by atoms with E-state index in [-0.39, 0.29) is 5.78 Å². The van der Waals surface area contributed by atoms with E-state index in [0.717, 1.165) is 16.8 Å². The number of halogens is 1. The number of methoxy groups -OCH3 is 1. The van der Waals surface area contributed by atoms with Gasteiger partial charge in [0, 0.05) is 28.3 Å². The van der Waals surface area contributed by atoms with Crippen molar-refractivity contribution in [3.05, 3.63) is 81.0 Å². The van der Waals surface area contributed by atoms with Crippen molar-refractivity contribution < 1.29 is 19.1 Å². The van der Waals surface area contributed by atoms with Crippen LogP contribution in [0.4, 0.5) is 0 Å². The molecule has 0 fully saturated rings. The molecular formula is C23H20ClNO4. The van der Waals surface area contributed by atoms with Gasteiger partial charge < -0.3 is 14.8 Å². The van der Waals surface area contributed by atoms with E-state index in [2.05, 4.69) is 5.32 Å². The topological polar surface area (TPSA) is 64.6 Å². The van der Waals surface area contributed by atoms with Gasteiger partial charge in [0.05, 0.1) is 30.0 Å². The molecule has 2 aromatic rings. The minimum absolute atomic E-state index is 0.105. The fourth-order valence-electron chi connectivity index (χ4n) is 4.01. The maximum atomic E-state index is 13.3. The van der Waals surface area contributed by atoms with Crippen molar-refractivity contribution in [2.75, 3.05) is 13.7 Å². The Balaban J connectivity index is 1.92. The van der Waals surface area contributed by atoms with Crippen LogP contribution in [0.5, 0.6) is 5.75 Å². The highest BCUT2D eigenvalue weighted by atomic mass is 35.5. The molecule has 0 bridgehead atoms. The van der Waals surface area contributed by atoms with E-state index in [1.807, 2.05) is 38.1 Å². The van der Waals surface area contributed by atoms with Gasteiger partial charge in [0.25, 0.3) is 0 Å². The first kappa shape index (κ1) is 19.3. The van der Waals surface area contributed by atoms with Gasteiger partial charge in [-0.25, -0.2) is 4.79 Å². The number of nitrogens with one attached hydrogen (secondary N) is 1. The number of esters is 1. The first-order valence-electron chi connectivity index (χ1n) is 9.34. The van der Waals surface area contributed by atoms with Crippen LogP contribution in [0.2, 0.25) is 5.02 Å². The van der Waals surface area contributed by atoms with E-state index in [1.165, 1.54) is 7.11 Å². The lowest BCUT2D eigenvalue weighted by atomic mass is 9.80. The Morgan fingerprint density at radius 1 is 1.17 bits per heavy atom. The number of Topliss-reactive ketones (excluding diaryl/α,β-unsaturated/α-hetero) is 1. The minimum atomic E-state index is -0.591. The van der Waals surface area contributed by atoms with Crippen LogP contribution >= 0.6 is 11.6 Å². The SMILES string of the molecule is CCOc1ccc([C@H]2C(C(=O)OC)=C(C)NC3=C2C(=O)c2ccccc23)cc1Cl. The van der Waals surface area contributed by atoms with E-state index < -0.39 is 11.9 Å². The summed E-state index contributed by atoms with van der Waals surface area (Å²) in [5.74, 6) is -0.624. The van der Waals surface area contributed by atoms with E-state index in [0.29, 0.717) is 39.8 Å². The zero-order chi connectivity index (χ0) is 20.7. The molecule has 1 aliphatic carbocycles. The second-order valence-electron chi connectivity index (χ2n) is 6.87. The van der Waals surface area contributed by atoms with Crippen molar-refractivity contribution in [3.8, 4) is 5.75 Å². The van der Waals surface area contributed by atoms with E-state index in [4.69, 9.17) is 21.1 Å². The number of dihydropyridines is 1. The molecule has 0 amide bonds. The molecule has 1 N–H and O–H groups in total. The van der Waals surface area contributed by atoms with Crippen molar-refractivity contribution in [1.82, 2.24) is 5.32 Å². The van der Waals surface area contributed by atoms with Crippen LogP contribution in [0.15, 0.2) is 59.3 Å². The Morgan fingerprint density at radius 2 is 1.90 bits per heavy atom. The number of rotatable bonds is 4. The molecule has 0 radical (unpaired) electrons. The maximum absolute atomic E-state index is 13.3. The first-order valence-corrected chi connectivity index (χ1v) is 9.72. The van der Waals surface area contributed by atoms with E-state index >= 15 is 0 Å². The summed E-state index contributed by atoms with van der Waals surface area (Å²) in [6, 6.07) is 12.8. The molecule has 0 spiro atoms. The van der Waals surface area contributed by atoms with Crippen LogP contribution in [0.25, 0.3) is 5.70 Å². The molecule has 6 heteroatoms. The molecule has 0 aromatic heterocycles. The largest absolute Gasteiger partial charge is 0.492 e. The highest BCUT2D eigenvalue weighted by Crippen LogP contribution is 2.47. The molecular weight excluding hydrogens is 390 g/mol.